The number of aromatic nitrogens is 2. The zero-order valence-corrected chi connectivity index (χ0v) is 16.4. The van der Waals surface area contributed by atoms with Crippen LogP contribution in [0.2, 0.25) is 5.02 Å². The van der Waals surface area contributed by atoms with Crippen LogP contribution in [0, 0.1) is 0 Å². The maximum absolute atomic E-state index is 12.9. The van der Waals surface area contributed by atoms with E-state index in [0.29, 0.717) is 10.7 Å². The first-order valence-electron chi connectivity index (χ1n) is 8.97. The highest BCUT2D eigenvalue weighted by Crippen LogP contribution is 2.31. The number of amides is 1. The van der Waals surface area contributed by atoms with Crippen LogP contribution in [-0.4, -0.2) is 46.7 Å². The van der Waals surface area contributed by atoms with Gasteiger partial charge in [-0.2, -0.15) is 0 Å². The van der Waals surface area contributed by atoms with E-state index in [1.165, 1.54) is 11.8 Å². The summed E-state index contributed by atoms with van der Waals surface area (Å²) >= 11 is 7.63. The van der Waals surface area contributed by atoms with Crippen LogP contribution < -0.4 is 5.32 Å². The van der Waals surface area contributed by atoms with Crippen molar-refractivity contribution in [2.75, 3.05) is 19.6 Å². The minimum absolute atomic E-state index is 0.0273. The zero-order chi connectivity index (χ0) is 18.4. The number of nitrogens with one attached hydrogen (secondary N) is 1. The molecule has 0 spiro atoms. The molecule has 138 valence electrons. The molecular weight excluding hydrogens is 368 g/mol. The van der Waals surface area contributed by atoms with Gasteiger partial charge in [0.1, 0.15) is 5.03 Å². The summed E-state index contributed by atoms with van der Waals surface area (Å²) < 4.78 is 0. The number of hydrogen-bond donors (Lipinski definition) is 1. The van der Waals surface area contributed by atoms with Crippen molar-refractivity contribution < 1.29 is 4.79 Å². The Labute approximate surface area is 163 Å². The van der Waals surface area contributed by atoms with Gasteiger partial charge in [0.05, 0.1) is 5.02 Å². The average molecular weight is 391 g/mol. The second-order valence-electron chi connectivity index (χ2n) is 6.27. The average Bonchev–Trinajstić information content (AvgIpc) is 2.69. The van der Waals surface area contributed by atoms with Crippen LogP contribution in [0.1, 0.15) is 36.7 Å². The molecule has 2 heterocycles. The SMILES string of the molecule is CCCN(C(=O)c1ccc(Sc2ccccc2Cl)nn1)C1CCNCC1. The van der Waals surface area contributed by atoms with E-state index < -0.39 is 0 Å². The normalized spacial score (nSPS) is 15.0. The molecule has 0 aliphatic carbocycles. The second kappa shape index (κ2) is 9.35. The summed E-state index contributed by atoms with van der Waals surface area (Å²) in [6.45, 7) is 4.76. The van der Waals surface area contributed by atoms with Gasteiger partial charge in [0, 0.05) is 17.5 Å². The van der Waals surface area contributed by atoms with Crippen LogP contribution in [0.5, 0.6) is 0 Å². The fraction of sp³-hybridized carbons (Fsp3) is 0.421. The number of nitrogens with zero attached hydrogens (tertiary/aromatic N) is 3. The van der Waals surface area contributed by atoms with Crippen molar-refractivity contribution in [1.82, 2.24) is 20.4 Å². The Morgan fingerprint density at radius 3 is 2.65 bits per heavy atom. The number of carbonyl (C=O) groups excluding carboxylic acids is 1. The third kappa shape index (κ3) is 4.75. The lowest BCUT2D eigenvalue weighted by Gasteiger charge is -2.34. The third-order valence-corrected chi connectivity index (χ3v) is 5.83. The Bertz CT molecular complexity index is 735. The molecule has 1 aromatic heterocycles. The molecule has 1 amide bonds. The first-order valence-corrected chi connectivity index (χ1v) is 10.2. The van der Waals surface area contributed by atoms with Crippen molar-refractivity contribution in [1.29, 1.82) is 0 Å². The molecule has 0 unspecified atom stereocenters. The first-order chi connectivity index (χ1) is 12.7. The maximum atomic E-state index is 12.9. The number of hydrogen-bond acceptors (Lipinski definition) is 5. The second-order valence-corrected chi connectivity index (χ2v) is 7.74. The van der Waals surface area contributed by atoms with E-state index in [2.05, 4.69) is 22.4 Å². The van der Waals surface area contributed by atoms with Gasteiger partial charge in [0.25, 0.3) is 5.91 Å². The largest absolute Gasteiger partial charge is 0.334 e. The molecule has 1 N–H and O–H groups in total. The number of rotatable bonds is 6. The summed E-state index contributed by atoms with van der Waals surface area (Å²) in [6.07, 6.45) is 2.91. The van der Waals surface area contributed by atoms with Gasteiger partial charge < -0.3 is 10.2 Å². The van der Waals surface area contributed by atoms with Crippen molar-refractivity contribution in [3.05, 3.63) is 47.1 Å². The number of piperidine rings is 1. The highest BCUT2D eigenvalue weighted by molar-refractivity contribution is 7.99. The highest BCUT2D eigenvalue weighted by Gasteiger charge is 2.26. The summed E-state index contributed by atoms with van der Waals surface area (Å²) in [4.78, 5) is 15.8. The van der Waals surface area contributed by atoms with Gasteiger partial charge in [-0.05, 0) is 56.6 Å². The Morgan fingerprint density at radius 2 is 2.00 bits per heavy atom. The van der Waals surface area contributed by atoms with Crippen molar-refractivity contribution in [3.8, 4) is 0 Å². The van der Waals surface area contributed by atoms with Gasteiger partial charge in [0.2, 0.25) is 0 Å². The summed E-state index contributed by atoms with van der Waals surface area (Å²) in [6, 6.07) is 11.5. The van der Waals surface area contributed by atoms with Crippen LogP contribution in [0.25, 0.3) is 0 Å². The highest BCUT2D eigenvalue weighted by atomic mass is 35.5. The van der Waals surface area contributed by atoms with Gasteiger partial charge in [-0.3, -0.25) is 4.79 Å². The molecule has 1 fully saturated rings. The van der Waals surface area contributed by atoms with Crippen LogP contribution >= 0.6 is 23.4 Å². The molecule has 7 heteroatoms. The number of carbonyl (C=O) groups is 1. The maximum Gasteiger partial charge on any atom is 0.274 e. The summed E-state index contributed by atoms with van der Waals surface area (Å²) in [7, 11) is 0. The summed E-state index contributed by atoms with van der Waals surface area (Å²) in [5, 5.41) is 13.1. The van der Waals surface area contributed by atoms with E-state index in [-0.39, 0.29) is 11.9 Å². The minimum atomic E-state index is -0.0273. The van der Waals surface area contributed by atoms with Crippen molar-refractivity contribution >= 4 is 29.3 Å². The van der Waals surface area contributed by atoms with Crippen LogP contribution in [0.3, 0.4) is 0 Å². The van der Waals surface area contributed by atoms with E-state index >= 15 is 0 Å². The monoisotopic (exact) mass is 390 g/mol. The molecule has 2 aromatic rings. The molecule has 1 saturated heterocycles. The third-order valence-electron chi connectivity index (χ3n) is 4.39. The smallest absolute Gasteiger partial charge is 0.274 e. The lowest BCUT2D eigenvalue weighted by Crippen LogP contribution is -2.46. The molecule has 1 aliphatic heterocycles. The quantitative estimate of drug-likeness (QED) is 0.810. The summed E-state index contributed by atoms with van der Waals surface area (Å²) in [5.74, 6) is -0.0273. The van der Waals surface area contributed by atoms with Crippen molar-refractivity contribution in [2.45, 2.75) is 42.1 Å². The molecule has 0 radical (unpaired) electrons. The van der Waals surface area contributed by atoms with Crippen LogP contribution in [0.15, 0.2) is 46.3 Å². The van der Waals surface area contributed by atoms with Gasteiger partial charge in [0.15, 0.2) is 5.69 Å². The van der Waals surface area contributed by atoms with E-state index in [1.807, 2.05) is 35.2 Å². The fourth-order valence-electron chi connectivity index (χ4n) is 3.09. The topological polar surface area (TPSA) is 58.1 Å². The van der Waals surface area contributed by atoms with Crippen LogP contribution in [-0.2, 0) is 0 Å². The number of halogens is 1. The predicted molar refractivity (Wildman–Crippen MR) is 105 cm³/mol. The molecule has 5 nitrogen and oxygen atoms in total. The van der Waals surface area contributed by atoms with E-state index in [9.17, 15) is 4.79 Å². The molecule has 1 aromatic carbocycles. The molecule has 0 saturated carbocycles. The van der Waals surface area contributed by atoms with Crippen LogP contribution in [0.4, 0.5) is 0 Å². The van der Waals surface area contributed by atoms with Crippen molar-refractivity contribution in [3.63, 3.8) is 0 Å². The Morgan fingerprint density at radius 1 is 1.23 bits per heavy atom. The molecular formula is C19H23ClN4OS. The molecule has 1 aliphatic rings. The van der Waals surface area contributed by atoms with E-state index in [4.69, 9.17) is 11.6 Å². The van der Waals surface area contributed by atoms with Gasteiger partial charge in [-0.1, -0.05) is 42.4 Å². The van der Waals surface area contributed by atoms with Gasteiger partial charge >= 0.3 is 0 Å². The molecule has 3 rings (SSSR count). The first kappa shape index (κ1) is 19.1. The Kier molecular flexibility index (Phi) is 6.88. The predicted octanol–water partition coefficient (Wildman–Crippen LogP) is 3.89. The molecule has 0 bridgehead atoms. The minimum Gasteiger partial charge on any atom is -0.334 e. The lowest BCUT2D eigenvalue weighted by atomic mass is 10.0. The lowest BCUT2D eigenvalue weighted by molar-refractivity contribution is 0.0635. The van der Waals surface area contributed by atoms with Gasteiger partial charge in [-0.25, -0.2) is 0 Å². The Hall–Kier alpha value is -1.63. The van der Waals surface area contributed by atoms with Gasteiger partial charge in [-0.15, -0.1) is 10.2 Å². The Balaban J connectivity index is 1.71. The fourth-order valence-corrected chi connectivity index (χ4v) is 4.09. The molecule has 0 atom stereocenters. The summed E-state index contributed by atoms with van der Waals surface area (Å²) in [5.41, 5.74) is 0.403. The zero-order valence-electron chi connectivity index (χ0n) is 14.8. The number of benzene rings is 1. The standard InChI is InChI=1S/C19H23ClN4OS/c1-2-13-24(14-9-11-21-12-10-14)19(25)16-7-8-18(23-22-16)26-17-6-4-3-5-15(17)20/h3-8,14,21H,2,9-13H2,1H3. The van der Waals surface area contributed by atoms with Crippen molar-refractivity contribution in [2.24, 2.45) is 0 Å². The van der Waals surface area contributed by atoms with E-state index in [1.54, 1.807) is 6.07 Å². The molecule has 26 heavy (non-hydrogen) atoms. The van der Waals surface area contributed by atoms with E-state index in [0.717, 1.165) is 48.8 Å².